The molecule has 1 aliphatic heterocycles. The summed E-state index contributed by atoms with van der Waals surface area (Å²) < 4.78 is 10.7. The van der Waals surface area contributed by atoms with Crippen LogP contribution in [0.4, 0.5) is 0 Å². The Bertz CT molecular complexity index is 645. The van der Waals surface area contributed by atoms with Gasteiger partial charge in [0, 0.05) is 17.9 Å². The maximum Gasteiger partial charge on any atom is 0.231 e. The van der Waals surface area contributed by atoms with E-state index in [1.54, 1.807) is 11.8 Å². The van der Waals surface area contributed by atoms with Crippen LogP contribution in [0.15, 0.2) is 35.4 Å². The summed E-state index contributed by atoms with van der Waals surface area (Å²) in [6.45, 7) is 7.91. The van der Waals surface area contributed by atoms with Gasteiger partial charge in [-0.3, -0.25) is 0 Å². The molecule has 0 fully saturated rings. The van der Waals surface area contributed by atoms with Crippen LogP contribution in [-0.2, 0) is 0 Å². The highest BCUT2D eigenvalue weighted by Crippen LogP contribution is 2.35. The highest BCUT2D eigenvalue weighted by atomic mass is 32.2. The van der Waals surface area contributed by atoms with Crippen molar-refractivity contribution in [1.29, 1.82) is 0 Å². The smallest absolute Gasteiger partial charge is 0.231 e. The lowest BCUT2D eigenvalue weighted by Crippen LogP contribution is -2.25. The topological polar surface area (TPSA) is 47.5 Å². The van der Waals surface area contributed by atoms with Crippen LogP contribution in [-0.4, -0.2) is 47.3 Å². The van der Waals surface area contributed by atoms with Crippen molar-refractivity contribution < 1.29 is 9.47 Å². The summed E-state index contributed by atoms with van der Waals surface area (Å²) in [4.78, 5) is 2.40. The van der Waals surface area contributed by atoms with E-state index >= 15 is 0 Å². The highest BCUT2D eigenvalue weighted by molar-refractivity contribution is 7.99. The molecule has 0 bridgehead atoms. The van der Waals surface area contributed by atoms with Crippen LogP contribution < -0.4 is 9.47 Å². The number of fused-ring (bicyclic) bond motifs is 1. The third kappa shape index (κ3) is 3.95. The second-order valence-corrected chi connectivity index (χ2v) is 6.32. The predicted molar refractivity (Wildman–Crippen MR) is 92.1 cm³/mol. The van der Waals surface area contributed by atoms with E-state index in [0.29, 0.717) is 0 Å². The minimum absolute atomic E-state index is 0.284. The minimum atomic E-state index is 0.284. The van der Waals surface area contributed by atoms with Crippen LogP contribution in [0.2, 0.25) is 0 Å². The molecule has 0 N–H and O–H groups in total. The molecule has 23 heavy (non-hydrogen) atoms. The van der Waals surface area contributed by atoms with Crippen LogP contribution in [0.5, 0.6) is 11.5 Å². The second kappa shape index (κ2) is 7.66. The Morgan fingerprint density at radius 1 is 1.04 bits per heavy atom. The lowest BCUT2D eigenvalue weighted by molar-refractivity contribution is 0.174. The van der Waals surface area contributed by atoms with Gasteiger partial charge in [-0.2, -0.15) is 0 Å². The number of benzene rings is 1. The summed E-state index contributed by atoms with van der Waals surface area (Å²) in [5.74, 6) is 2.58. The zero-order valence-corrected chi connectivity index (χ0v) is 14.3. The summed E-state index contributed by atoms with van der Waals surface area (Å²) in [6.07, 6.45) is 0. The fourth-order valence-corrected chi connectivity index (χ4v) is 3.25. The standard InChI is InChI=1S/C17H21N3O2S/c1-3-20(4-2)9-10-23-17-8-6-14(18-19-17)13-5-7-15-16(11-13)22-12-21-15/h5-8,11H,3-4,9-10,12H2,1-2H3. The third-order valence-corrected chi connectivity index (χ3v) is 4.76. The normalized spacial score (nSPS) is 12.8. The molecule has 2 heterocycles. The van der Waals surface area contributed by atoms with Gasteiger partial charge in [0.2, 0.25) is 6.79 Å². The molecule has 0 unspecified atom stereocenters. The first-order chi connectivity index (χ1) is 11.3. The molecule has 1 aromatic heterocycles. The number of hydrogen-bond acceptors (Lipinski definition) is 6. The van der Waals surface area contributed by atoms with Gasteiger partial charge in [0.1, 0.15) is 5.03 Å². The van der Waals surface area contributed by atoms with Crippen molar-refractivity contribution >= 4 is 11.8 Å². The fraction of sp³-hybridized carbons (Fsp3) is 0.412. The molecular weight excluding hydrogens is 310 g/mol. The van der Waals surface area contributed by atoms with Gasteiger partial charge >= 0.3 is 0 Å². The number of ether oxygens (including phenoxy) is 2. The van der Waals surface area contributed by atoms with Gasteiger partial charge in [-0.25, -0.2) is 0 Å². The van der Waals surface area contributed by atoms with Crippen molar-refractivity contribution in [1.82, 2.24) is 15.1 Å². The molecule has 3 rings (SSSR count). The van der Waals surface area contributed by atoms with Crippen molar-refractivity contribution in [2.75, 3.05) is 32.2 Å². The van der Waals surface area contributed by atoms with E-state index < -0.39 is 0 Å². The van der Waals surface area contributed by atoms with E-state index in [9.17, 15) is 0 Å². The fourth-order valence-electron chi connectivity index (χ4n) is 2.43. The Hall–Kier alpha value is -1.79. The monoisotopic (exact) mass is 331 g/mol. The molecule has 0 saturated carbocycles. The molecule has 0 radical (unpaired) electrons. The van der Waals surface area contributed by atoms with Crippen LogP contribution in [0.1, 0.15) is 13.8 Å². The first-order valence-electron chi connectivity index (χ1n) is 7.89. The molecule has 122 valence electrons. The zero-order valence-electron chi connectivity index (χ0n) is 13.5. The van der Waals surface area contributed by atoms with Crippen LogP contribution >= 0.6 is 11.8 Å². The van der Waals surface area contributed by atoms with Gasteiger partial charge in [-0.05, 0) is 43.4 Å². The maximum absolute atomic E-state index is 5.40. The van der Waals surface area contributed by atoms with Gasteiger partial charge in [0.05, 0.1) is 5.69 Å². The lowest BCUT2D eigenvalue weighted by Gasteiger charge is -2.16. The molecule has 5 nitrogen and oxygen atoms in total. The number of rotatable bonds is 7. The first kappa shape index (κ1) is 16.1. The van der Waals surface area contributed by atoms with E-state index in [-0.39, 0.29) is 6.79 Å². The number of thioether (sulfide) groups is 1. The zero-order chi connectivity index (χ0) is 16.1. The van der Waals surface area contributed by atoms with Crippen molar-refractivity contribution in [3.8, 4) is 22.8 Å². The largest absolute Gasteiger partial charge is 0.454 e. The molecule has 0 saturated heterocycles. The van der Waals surface area contributed by atoms with E-state index in [1.165, 1.54) is 0 Å². The van der Waals surface area contributed by atoms with E-state index in [4.69, 9.17) is 9.47 Å². The molecule has 0 spiro atoms. The molecule has 1 aromatic carbocycles. The number of nitrogens with zero attached hydrogens (tertiary/aromatic N) is 3. The Kier molecular flexibility index (Phi) is 5.35. The van der Waals surface area contributed by atoms with Gasteiger partial charge in [0.25, 0.3) is 0 Å². The Balaban J connectivity index is 1.61. The third-order valence-electron chi connectivity index (χ3n) is 3.86. The van der Waals surface area contributed by atoms with Crippen LogP contribution in [0.3, 0.4) is 0 Å². The summed E-state index contributed by atoms with van der Waals surface area (Å²) in [5, 5.41) is 9.61. The summed E-state index contributed by atoms with van der Waals surface area (Å²) in [5.41, 5.74) is 1.83. The second-order valence-electron chi connectivity index (χ2n) is 5.20. The highest BCUT2D eigenvalue weighted by Gasteiger charge is 2.14. The summed E-state index contributed by atoms with van der Waals surface area (Å²) in [7, 11) is 0. The molecule has 1 aliphatic rings. The Morgan fingerprint density at radius 2 is 1.87 bits per heavy atom. The van der Waals surface area contributed by atoms with E-state index in [0.717, 1.165) is 53.2 Å². The summed E-state index contributed by atoms with van der Waals surface area (Å²) >= 11 is 1.74. The molecular formula is C17H21N3O2S. The first-order valence-corrected chi connectivity index (χ1v) is 8.87. The number of hydrogen-bond donors (Lipinski definition) is 0. The van der Waals surface area contributed by atoms with Gasteiger partial charge in [-0.15, -0.1) is 22.0 Å². The van der Waals surface area contributed by atoms with Crippen molar-refractivity contribution in [3.05, 3.63) is 30.3 Å². The van der Waals surface area contributed by atoms with Crippen LogP contribution in [0.25, 0.3) is 11.3 Å². The molecule has 0 atom stereocenters. The van der Waals surface area contributed by atoms with Crippen molar-refractivity contribution in [3.63, 3.8) is 0 Å². The van der Waals surface area contributed by atoms with Gasteiger partial charge < -0.3 is 14.4 Å². The lowest BCUT2D eigenvalue weighted by atomic mass is 10.1. The average Bonchev–Trinajstić information content (AvgIpc) is 3.07. The van der Waals surface area contributed by atoms with E-state index in [2.05, 4.69) is 28.9 Å². The molecule has 0 amide bonds. The van der Waals surface area contributed by atoms with Gasteiger partial charge in [0.15, 0.2) is 11.5 Å². The van der Waals surface area contributed by atoms with Crippen LogP contribution in [0, 0.1) is 0 Å². The van der Waals surface area contributed by atoms with Crippen molar-refractivity contribution in [2.24, 2.45) is 0 Å². The SMILES string of the molecule is CCN(CC)CCSc1ccc(-c2ccc3c(c2)OCO3)nn1. The molecule has 6 heteroatoms. The minimum Gasteiger partial charge on any atom is -0.454 e. The average molecular weight is 331 g/mol. The predicted octanol–water partition coefficient (Wildman–Crippen LogP) is 3.31. The molecule has 2 aromatic rings. The molecule has 0 aliphatic carbocycles. The maximum atomic E-state index is 5.40. The van der Waals surface area contributed by atoms with Crippen molar-refractivity contribution in [2.45, 2.75) is 18.9 Å². The summed E-state index contributed by atoms with van der Waals surface area (Å²) in [6, 6.07) is 9.86. The Labute approximate surface area is 141 Å². The Morgan fingerprint density at radius 3 is 2.61 bits per heavy atom. The van der Waals surface area contributed by atoms with Gasteiger partial charge in [-0.1, -0.05) is 13.8 Å². The van der Waals surface area contributed by atoms with E-state index in [1.807, 2.05) is 30.3 Å². The number of aromatic nitrogens is 2. The quantitative estimate of drug-likeness (QED) is 0.726.